The van der Waals surface area contributed by atoms with E-state index in [1.165, 1.54) is 0 Å². The zero-order valence-corrected chi connectivity index (χ0v) is 21.6. The van der Waals surface area contributed by atoms with E-state index in [2.05, 4.69) is 50.7 Å². The Bertz CT molecular complexity index is 1610. The number of rotatable bonds is 6. The molecule has 9 heteroatoms. The summed E-state index contributed by atoms with van der Waals surface area (Å²) in [5, 5.41) is 8.31. The number of piperazine rings is 1. The van der Waals surface area contributed by atoms with E-state index in [0.717, 1.165) is 48.2 Å². The van der Waals surface area contributed by atoms with Gasteiger partial charge in [-0.2, -0.15) is 15.0 Å². The van der Waals surface area contributed by atoms with Crippen LogP contribution in [0.4, 0.5) is 23.4 Å². The Morgan fingerprint density at radius 3 is 2.44 bits per heavy atom. The van der Waals surface area contributed by atoms with Gasteiger partial charge in [0.15, 0.2) is 5.82 Å². The van der Waals surface area contributed by atoms with Crippen molar-refractivity contribution in [1.82, 2.24) is 24.8 Å². The number of fused-ring (bicyclic) bond motifs is 1. The highest BCUT2D eigenvalue weighted by Crippen LogP contribution is 2.28. The maximum atomic E-state index is 12.9. The molecule has 0 atom stereocenters. The van der Waals surface area contributed by atoms with Gasteiger partial charge in [0.25, 0.3) is 5.91 Å². The fourth-order valence-corrected chi connectivity index (χ4v) is 4.59. The number of pyridine rings is 1. The highest BCUT2D eigenvalue weighted by atomic mass is 16.1. The molecule has 2 aromatic heterocycles. The fraction of sp³-hybridized carbons (Fsp3) is 0.167. The van der Waals surface area contributed by atoms with Crippen molar-refractivity contribution >= 4 is 40.1 Å². The van der Waals surface area contributed by atoms with Gasteiger partial charge in [0.05, 0.1) is 0 Å². The molecule has 0 unspecified atom stereocenters. The molecule has 0 aliphatic carbocycles. The van der Waals surface area contributed by atoms with Gasteiger partial charge in [0.2, 0.25) is 11.9 Å². The smallest absolute Gasteiger partial charge is 0.255 e. The minimum Gasteiger partial charge on any atom is -0.338 e. The molecule has 0 bridgehead atoms. The average Bonchev–Trinajstić information content (AvgIpc) is 2.98. The average molecular weight is 517 g/mol. The molecule has 0 radical (unpaired) electrons. The van der Waals surface area contributed by atoms with Gasteiger partial charge in [-0.15, -0.1) is 0 Å². The minimum atomic E-state index is -0.225. The molecule has 194 valence electrons. The van der Waals surface area contributed by atoms with Crippen LogP contribution in [0.2, 0.25) is 0 Å². The predicted molar refractivity (Wildman–Crippen MR) is 154 cm³/mol. The second kappa shape index (κ2) is 10.8. The van der Waals surface area contributed by atoms with Crippen molar-refractivity contribution in [3.63, 3.8) is 0 Å². The van der Waals surface area contributed by atoms with Crippen molar-refractivity contribution in [2.75, 3.05) is 48.8 Å². The van der Waals surface area contributed by atoms with Gasteiger partial charge in [-0.3, -0.25) is 4.79 Å². The van der Waals surface area contributed by atoms with Crippen molar-refractivity contribution in [1.29, 1.82) is 0 Å². The van der Waals surface area contributed by atoms with Gasteiger partial charge < -0.3 is 20.4 Å². The van der Waals surface area contributed by atoms with Gasteiger partial charge in [-0.25, -0.2) is 4.98 Å². The Labute approximate surface area is 226 Å². The number of para-hydroxylation sites is 1. The van der Waals surface area contributed by atoms with Crippen LogP contribution in [-0.4, -0.2) is 64.0 Å². The van der Waals surface area contributed by atoms with Crippen molar-refractivity contribution in [3.05, 3.63) is 96.7 Å². The molecule has 2 N–H and O–H groups in total. The first kappa shape index (κ1) is 24.4. The summed E-state index contributed by atoms with van der Waals surface area (Å²) in [7, 11) is 2.12. The molecule has 1 amide bonds. The van der Waals surface area contributed by atoms with Crippen molar-refractivity contribution < 1.29 is 4.79 Å². The zero-order chi connectivity index (χ0) is 26.6. The topological polar surface area (TPSA) is 99.2 Å². The van der Waals surface area contributed by atoms with Crippen molar-refractivity contribution in [2.45, 2.75) is 0 Å². The Kier molecular flexibility index (Phi) is 6.80. The lowest BCUT2D eigenvalue weighted by Crippen LogP contribution is -2.45. The van der Waals surface area contributed by atoms with Crippen LogP contribution in [-0.2, 0) is 0 Å². The third-order valence-electron chi connectivity index (χ3n) is 6.73. The first-order chi connectivity index (χ1) is 19.1. The molecule has 1 saturated heterocycles. The van der Waals surface area contributed by atoms with Crippen LogP contribution in [0.5, 0.6) is 0 Å². The van der Waals surface area contributed by atoms with E-state index in [9.17, 15) is 4.79 Å². The molecule has 0 spiro atoms. The molecule has 3 aromatic carbocycles. The highest BCUT2D eigenvalue weighted by Gasteiger charge is 2.20. The normalized spacial score (nSPS) is 13.8. The minimum absolute atomic E-state index is 0.225. The van der Waals surface area contributed by atoms with Gasteiger partial charge >= 0.3 is 0 Å². The Hall–Kier alpha value is -4.89. The molecule has 3 heterocycles. The van der Waals surface area contributed by atoms with Crippen LogP contribution in [0.1, 0.15) is 10.4 Å². The standard InChI is InChI=1S/C30H28N8O/c1-37-16-18-38(19-17-37)30-35-27(25-13-7-9-21-8-5-6-12-24(21)25)34-29(36-30)33-26-20-22(14-15-31-26)28(39)32-23-10-3-2-4-11-23/h2-15,20H,16-19H2,1H3,(H,32,39)(H,31,33,34,35,36). The number of carbonyl (C=O) groups is 1. The molecular formula is C30H28N8O. The van der Waals surface area contributed by atoms with Crippen molar-refractivity contribution in [2.24, 2.45) is 0 Å². The maximum Gasteiger partial charge on any atom is 0.255 e. The summed E-state index contributed by atoms with van der Waals surface area (Å²) in [5.41, 5.74) is 2.12. The monoisotopic (exact) mass is 516 g/mol. The van der Waals surface area contributed by atoms with Crippen LogP contribution in [0.15, 0.2) is 91.1 Å². The van der Waals surface area contributed by atoms with Crippen LogP contribution < -0.4 is 15.5 Å². The SMILES string of the molecule is CN1CCN(c2nc(Nc3cc(C(=O)Nc4ccccc4)ccn3)nc(-c3cccc4ccccc34)n2)CC1. The highest BCUT2D eigenvalue weighted by molar-refractivity contribution is 6.04. The van der Waals surface area contributed by atoms with Gasteiger partial charge in [-0.05, 0) is 42.1 Å². The molecule has 1 aliphatic heterocycles. The van der Waals surface area contributed by atoms with E-state index < -0.39 is 0 Å². The number of hydrogen-bond donors (Lipinski definition) is 2. The van der Waals surface area contributed by atoms with E-state index >= 15 is 0 Å². The van der Waals surface area contributed by atoms with E-state index in [1.807, 2.05) is 54.6 Å². The van der Waals surface area contributed by atoms with Crippen molar-refractivity contribution in [3.8, 4) is 11.4 Å². The van der Waals surface area contributed by atoms with E-state index in [0.29, 0.717) is 29.1 Å². The third kappa shape index (κ3) is 5.53. The Balaban J connectivity index is 1.34. The first-order valence-electron chi connectivity index (χ1n) is 12.9. The largest absolute Gasteiger partial charge is 0.338 e. The van der Waals surface area contributed by atoms with Gasteiger partial charge in [0.1, 0.15) is 5.82 Å². The maximum absolute atomic E-state index is 12.9. The number of benzene rings is 3. The molecule has 9 nitrogen and oxygen atoms in total. The van der Waals surface area contributed by atoms with E-state index in [1.54, 1.807) is 18.3 Å². The van der Waals surface area contributed by atoms with Gasteiger partial charge in [0, 0.05) is 49.2 Å². The summed E-state index contributed by atoms with van der Waals surface area (Å²) in [6, 6.07) is 27.0. The fourth-order valence-electron chi connectivity index (χ4n) is 4.59. The Morgan fingerprint density at radius 1 is 0.821 bits per heavy atom. The summed E-state index contributed by atoms with van der Waals surface area (Å²) in [5.74, 6) is 1.81. The van der Waals surface area contributed by atoms with Crippen LogP contribution in [0, 0.1) is 0 Å². The lowest BCUT2D eigenvalue weighted by molar-refractivity contribution is 0.102. The molecular weight excluding hydrogens is 488 g/mol. The number of anilines is 4. The summed E-state index contributed by atoms with van der Waals surface area (Å²) in [6.07, 6.45) is 1.59. The lowest BCUT2D eigenvalue weighted by Gasteiger charge is -2.32. The number of carbonyl (C=O) groups excluding carboxylic acids is 1. The number of nitrogens with zero attached hydrogens (tertiary/aromatic N) is 6. The molecule has 1 aliphatic rings. The molecule has 1 fully saturated rings. The third-order valence-corrected chi connectivity index (χ3v) is 6.73. The van der Waals surface area contributed by atoms with Crippen LogP contribution in [0.25, 0.3) is 22.2 Å². The van der Waals surface area contributed by atoms with Crippen LogP contribution >= 0.6 is 0 Å². The second-order valence-corrected chi connectivity index (χ2v) is 9.47. The first-order valence-corrected chi connectivity index (χ1v) is 12.9. The lowest BCUT2D eigenvalue weighted by atomic mass is 10.0. The molecule has 5 aromatic rings. The molecule has 0 saturated carbocycles. The Morgan fingerprint density at radius 2 is 1.59 bits per heavy atom. The summed E-state index contributed by atoms with van der Waals surface area (Å²) in [4.78, 5) is 36.2. The van der Waals surface area contributed by atoms with E-state index in [4.69, 9.17) is 15.0 Å². The summed E-state index contributed by atoms with van der Waals surface area (Å²) >= 11 is 0. The number of amides is 1. The number of hydrogen-bond acceptors (Lipinski definition) is 8. The number of likely N-dealkylation sites (N-methyl/N-ethyl adjacent to an activating group) is 1. The number of aromatic nitrogens is 4. The summed E-state index contributed by atoms with van der Waals surface area (Å²) < 4.78 is 0. The quantitative estimate of drug-likeness (QED) is 0.331. The molecule has 6 rings (SSSR count). The zero-order valence-electron chi connectivity index (χ0n) is 21.6. The predicted octanol–water partition coefficient (Wildman–Crippen LogP) is 4.83. The van der Waals surface area contributed by atoms with E-state index in [-0.39, 0.29) is 5.91 Å². The molecule has 39 heavy (non-hydrogen) atoms. The van der Waals surface area contributed by atoms with Crippen LogP contribution in [0.3, 0.4) is 0 Å². The second-order valence-electron chi connectivity index (χ2n) is 9.47. The number of nitrogens with one attached hydrogen (secondary N) is 2. The van der Waals surface area contributed by atoms with Gasteiger partial charge in [-0.1, -0.05) is 60.7 Å². The summed E-state index contributed by atoms with van der Waals surface area (Å²) in [6.45, 7) is 3.50.